The summed E-state index contributed by atoms with van der Waals surface area (Å²) >= 11 is 0. The molecule has 2 aliphatic heterocycles. The Kier molecular flexibility index (Phi) is 6.85. The third kappa shape index (κ3) is 4.29. The molecule has 0 radical (unpaired) electrons. The summed E-state index contributed by atoms with van der Waals surface area (Å²) in [6, 6.07) is 16.9. The van der Waals surface area contributed by atoms with Crippen LogP contribution in [0, 0.1) is 11.8 Å². The number of carbonyl (C=O) groups is 1. The zero-order chi connectivity index (χ0) is 25.2. The number of aliphatic hydroxyl groups is 1. The highest BCUT2D eigenvalue weighted by atomic mass is 16.3. The van der Waals surface area contributed by atoms with Gasteiger partial charge in [-0.15, -0.1) is 0 Å². The van der Waals surface area contributed by atoms with Gasteiger partial charge in [-0.2, -0.15) is 0 Å². The highest BCUT2D eigenvalue weighted by molar-refractivity contribution is 5.81. The SMILES string of the molecule is C/C=C/c1ccc2n(c1=O)C[C@@H]1[C@@H](CO)[C@H](C(=O)N[C@H](C)c3ccccc3)[C@H]2N1Cc1ccncc1. The van der Waals surface area contributed by atoms with Gasteiger partial charge in [-0.3, -0.25) is 19.5 Å². The molecular formula is C29H32N4O3. The van der Waals surface area contributed by atoms with Crippen molar-refractivity contribution in [2.45, 2.75) is 45.1 Å². The van der Waals surface area contributed by atoms with Crippen LogP contribution in [0.2, 0.25) is 0 Å². The minimum Gasteiger partial charge on any atom is -0.396 e. The molecule has 1 aromatic carbocycles. The van der Waals surface area contributed by atoms with E-state index in [-0.39, 0.29) is 42.1 Å². The number of allylic oxidation sites excluding steroid dienone is 1. The minimum absolute atomic E-state index is 0.0560. The summed E-state index contributed by atoms with van der Waals surface area (Å²) < 4.78 is 1.81. The molecule has 5 atom stereocenters. The average molecular weight is 485 g/mol. The van der Waals surface area contributed by atoms with E-state index in [1.807, 2.05) is 85.2 Å². The zero-order valence-corrected chi connectivity index (χ0v) is 20.6. The van der Waals surface area contributed by atoms with Gasteiger partial charge >= 0.3 is 0 Å². The van der Waals surface area contributed by atoms with Crippen LogP contribution >= 0.6 is 0 Å². The van der Waals surface area contributed by atoms with E-state index >= 15 is 0 Å². The summed E-state index contributed by atoms with van der Waals surface area (Å²) in [5, 5.41) is 13.7. The van der Waals surface area contributed by atoms with E-state index < -0.39 is 5.92 Å². The smallest absolute Gasteiger partial charge is 0.258 e. The van der Waals surface area contributed by atoms with Gasteiger partial charge in [0, 0.05) is 55.3 Å². The Morgan fingerprint density at radius 2 is 1.92 bits per heavy atom. The lowest BCUT2D eigenvalue weighted by Gasteiger charge is -2.38. The highest BCUT2D eigenvalue weighted by Gasteiger charge is 2.55. The molecule has 0 saturated carbocycles. The first kappa shape index (κ1) is 24.2. The van der Waals surface area contributed by atoms with Gasteiger partial charge in [0.05, 0.1) is 18.0 Å². The minimum atomic E-state index is -0.492. The first-order valence-electron chi connectivity index (χ1n) is 12.5. The molecule has 7 heteroatoms. The van der Waals surface area contributed by atoms with E-state index in [4.69, 9.17) is 0 Å². The maximum atomic E-state index is 13.8. The number of benzene rings is 1. The van der Waals surface area contributed by atoms with Crippen LogP contribution in [0.1, 0.15) is 48.3 Å². The van der Waals surface area contributed by atoms with Crippen molar-refractivity contribution in [3.63, 3.8) is 0 Å². The lowest BCUT2D eigenvalue weighted by atomic mass is 9.86. The first-order valence-corrected chi connectivity index (χ1v) is 12.5. The lowest BCUT2D eigenvalue weighted by molar-refractivity contribution is -0.128. The Bertz CT molecular complexity index is 1310. The van der Waals surface area contributed by atoms with Crippen LogP contribution in [-0.2, 0) is 17.9 Å². The number of fused-ring (bicyclic) bond motifs is 4. The topological polar surface area (TPSA) is 87.5 Å². The molecule has 7 nitrogen and oxygen atoms in total. The van der Waals surface area contributed by atoms with Crippen molar-refractivity contribution in [1.82, 2.24) is 19.8 Å². The Hall–Kier alpha value is -3.55. The molecule has 0 spiro atoms. The van der Waals surface area contributed by atoms with Crippen molar-refractivity contribution in [3.05, 3.63) is 106 Å². The summed E-state index contributed by atoms with van der Waals surface area (Å²) in [6.07, 6.45) is 7.20. The number of hydrogen-bond donors (Lipinski definition) is 2. The summed E-state index contributed by atoms with van der Waals surface area (Å²) in [4.78, 5) is 33.6. The second-order valence-electron chi connectivity index (χ2n) is 9.68. The zero-order valence-electron chi connectivity index (χ0n) is 20.6. The van der Waals surface area contributed by atoms with Crippen molar-refractivity contribution in [3.8, 4) is 0 Å². The number of hydrogen-bond acceptors (Lipinski definition) is 5. The summed E-state index contributed by atoms with van der Waals surface area (Å²) in [6.45, 7) is 4.77. The van der Waals surface area contributed by atoms with Crippen LogP contribution in [0.25, 0.3) is 6.08 Å². The molecule has 2 aliphatic rings. The molecule has 2 aromatic heterocycles. The molecule has 2 N–H and O–H groups in total. The maximum Gasteiger partial charge on any atom is 0.258 e. The third-order valence-electron chi connectivity index (χ3n) is 7.62. The van der Waals surface area contributed by atoms with Crippen molar-refractivity contribution in [2.75, 3.05) is 6.61 Å². The van der Waals surface area contributed by atoms with Gasteiger partial charge in [0.15, 0.2) is 0 Å². The molecule has 0 unspecified atom stereocenters. The van der Waals surface area contributed by atoms with Gasteiger partial charge in [0.25, 0.3) is 5.56 Å². The molecule has 3 aromatic rings. The number of rotatable bonds is 7. The quantitative estimate of drug-likeness (QED) is 0.537. The van der Waals surface area contributed by atoms with Gasteiger partial charge < -0.3 is 15.0 Å². The van der Waals surface area contributed by atoms with E-state index in [0.717, 1.165) is 16.8 Å². The Labute approximate surface area is 211 Å². The van der Waals surface area contributed by atoms with Crippen LogP contribution in [0.4, 0.5) is 0 Å². The number of pyridine rings is 2. The summed E-state index contributed by atoms with van der Waals surface area (Å²) in [5.41, 5.74) is 3.49. The highest BCUT2D eigenvalue weighted by Crippen LogP contribution is 2.49. The molecule has 186 valence electrons. The predicted octanol–water partition coefficient (Wildman–Crippen LogP) is 3.32. The predicted molar refractivity (Wildman–Crippen MR) is 139 cm³/mol. The molecule has 4 heterocycles. The second kappa shape index (κ2) is 10.2. The van der Waals surface area contributed by atoms with Crippen molar-refractivity contribution in [1.29, 1.82) is 0 Å². The van der Waals surface area contributed by atoms with E-state index in [1.54, 1.807) is 12.4 Å². The van der Waals surface area contributed by atoms with Gasteiger partial charge in [0.2, 0.25) is 5.91 Å². The normalized spacial score (nSPS) is 24.0. The van der Waals surface area contributed by atoms with Crippen molar-refractivity contribution >= 4 is 12.0 Å². The monoisotopic (exact) mass is 484 g/mol. The third-order valence-corrected chi connectivity index (χ3v) is 7.62. The standard InChI is InChI=1S/C29H32N4O3/c1-3-7-22-10-11-24-27-26(28(35)31-19(2)21-8-5-4-6-9-21)23(18-34)25(17-33(24)29(22)36)32(27)16-20-12-14-30-15-13-20/h3-15,19,23,25-27,34H,16-18H2,1-2H3,(H,31,35)/b7-3+/t19-,23-,25-,26+,27+/m1/s1. The number of aromatic nitrogens is 2. The van der Waals surface area contributed by atoms with Crippen LogP contribution < -0.4 is 10.9 Å². The Balaban J connectivity index is 1.55. The molecule has 5 rings (SSSR count). The van der Waals surface area contributed by atoms with Gasteiger partial charge in [-0.05, 0) is 49.2 Å². The second-order valence-corrected chi connectivity index (χ2v) is 9.68. The number of amides is 1. The summed E-state index contributed by atoms with van der Waals surface area (Å²) in [7, 11) is 0. The molecule has 1 fully saturated rings. The number of nitrogens with zero attached hydrogens (tertiary/aromatic N) is 3. The van der Waals surface area contributed by atoms with Gasteiger partial charge in [-0.25, -0.2) is 0 Å². The number of carbonyl (C=O) groups excluding carboxylic acids is 1. The van der Waals surface area contributed by atoms with E-state index in [9.17, 15) is 14.7 Å². The van der Waals surface area contributed by atoms with Crippen molar-refractivity contribution in [2.24, 2.45) is 11.8 Å². The molecule has 1 saturated heterocycles. The van der Waals surface area contributed by atoms with Gasteiger partial charge in [-0.1, -0.05) is 42.5 Å². The van der Waals surface area contributed by atoms with Crippen molar-refractivity contribution < 1.29 is 9.90 Å². The van der Waals surface area contributed by atoms with E-state index in [1.165, 1.54) is 0 Å². The molecule has 36 heavy (non-hydrogen) atoms. The fraction of sp³-hybridized carbons (Fsp3) is 0.345. The first-order chi connectivity index (χ1) is 17.5. The van der Waals surface area contributed by atoms with Gasteiger partial charge in [0.1, 0.15) is 0 Å². The Morgan fingerprint density at radius 3 is 2.61 bits per heavy atom. The molecular weight excluding hydrogens is 452 g/mol. The molecule has 2 bridgehead atoms. The Morgan fingerprint density at radius 1 is 1.17 bits per heavy atom. The molecule has 0 aliphatic carbocycles. The summed E-state index contributed by atoms with van der Waals surface area (Å²) in [5.74, 6) is -0.894. The van der Waals surface area contributed by atoms with E-state index in [2.05, 4.69) is 15.2 Å². The largest absolute Gasteiger partial charge is 0.396 e. The van der Waals surface area contributed by atoms with Crippen LogP contribution in [0.3, 0.4) is 0 Å². The lowest BCUT2D eigenvalue weighted by Crippen LogP contribution is -2.46. The fourth-order valence-electron chi connectivity index (χ4n) is 5.90. The average Bonchev–Trinajstić information content (AvgIpc) is 3.10. The fourth-order valence-corrected chi connectivity index (χ4v) is 5.90. The number of aliphatic hydroxyl groups excluding tert-OH is 1. The van der Waals surface area contributed by atoms with Crippen LogP contribution in [0.15, 0.2) is 77.9 Å². The van der Waals surface area contributed by atoms with Crippen LogP contribution in [0.5, 0.6) is 0 Å². The van der Waals surface area contributed by atoms with Crippen LogP contribution in [-0.4, -0.2) is 38.1 Å². The maximum absolute atomic E-state index is 13.8. The molecule has 1 amide bonds. The van der Waals surface area contributed by atoms with E-state index in [0.29, 0.717) is 18.7 Å². The number of nitrogens with one attached hydrogen (secondary N) is 1.